The quantitative estimate of drug-likeness (QED) is 0.605. The number of nitrogens with two attached hydrogens (primary N) is 1. The monoisotopic (exact) mass is 305 g/mol. The van der Waals surface area contributed by atoms with Gasteiger partial charge in [0.05, 0.1) is 0 Å². The molecule has 0 saturated heterocycles. The number of rotatable bonds is 8. The predicted octanol–water partition coefficient (Wildman–Crippen LogP) is 5.30. The second-order valence-electron chi connectivity index (χ2n) is 7.37. The zero-order chi connectivity index (χ0) is 15.4. The van der Waals surface area contributed by atoms with Crippen LogP contribution in [0.25, 0.3) is 0 Å². The molecule has 0 rings (SSSR count). The van der Waals surface area contributed by atoms with Gasteiger partial charge in [0.1, 0.15) is 0 Å². The summed E-state index contributed by atoms with van der Waals surface area (Å²) in [6.07, 6.45) is 2.46. The highest BCUT2D eigenvalue weighted by molar-refractivity contribution is 7.60. The van der Waals surface area contributed by atoms with Gasteiger partial charge in [-0.3, -0.25) is 0 Å². The molecule has 116 valence electrons. The van der Waals surface area contributed by atoms with E-state index in [0.29, 0.717) is 0 Å². The highest BCUT2D eigenvalue weighted by Crippen LogP contribution is 2.52. The van der Waals surface area contributed by atoms with E-state index in [1.807, 2.05) is 0 Å². The van der Waals surface area contributed by atoms with Crippen molar-refractivity contribution in [1.29, 1.82) is 0 Å². The molecule has 0 aliphatic carbocycles. The largest absolute Gasteiger partial charge is 0.325 e. The number of hydrogen-bond donors (Lipinski definition) is 1. The molecule has 1 nitrogen and oxygen atoms in total. The Morgan fingerprint density at radius 1 is 0.684 bits per heavy atom. The van der Waals surface area contributed by atoms with Crippen molar-refractivity contribution in [2.75, 3.05) is 12.3 Å². The van der Waals surface area contributed by atoms with Crippen LogP contribution in [0, 0.1) is 0 Å². The highest BCUT2D eigenvalue weighted by Gasteiger charge is 2.31. The van der Waals surface area contributed by atoms with Crippen molar-refractivity contribution in [1.82, 2.24) is 0 Å². The first kappa shape index (κ1) is 19.8. The summed E-state index contributed by atoms with van der Waals surface area (Å²) >= 11 is 0. The van der Waals surface area contributed by atoms with Crippen LogP contribution in [0.1, 0.15) is 62.3 Å². The molecular weight excluding hydrogens is 268 g/mol. The van der Waals surface area contributed by atoms with Crippen LogP contribution in [0.3, 0.4) is 0 Å². The first-order valence-corrected chi connectivity index (χ1v) is 11.1. The Morgan fingerprint density at radius 2 is 0.895 bits per heavy atom. The van der Waals surface area contributed by atoms with Gasteiger partial charge >= 0.3 is 0 Å². The smallest absolute Gasteiger partial charge is 0.0205 e. The summed E-state index contributed by atoms with van der Waals surface area (Å²) in [5, 5.41) is 0. The second kappa shape index (κ2) is 8.31. The van der Waals surface area contributed by atoms with E-state index in [0.717, 1.165) is 22.6 Å². The molecule has 0 aromatic heterocycles. The standard InChI is InChI=1S/C16H37NP2/c1-12(2)18(13(3)4)10-16(9,17)11-19(14(5)6)15(7)8/h12-15H,10-11,17H2,1-9H3. The Morgan fingerprint density at radius 3 is 1.05 bits per heavy atom. The SMILES string of the molecule is CC(C)P(CC(C)(N)CP(C(C)C)C(C)C)C(C)C. The molecule has 0 saturated carbocycles. The molecule has 19 heavy (non-hydrogen) atoms. The van der Waals surface area contributed by atoms with E-state index in [1.54, 1.807) is 0 Å². The van der Waals surface area contributed by atoms with Gasteiger partial charge in [-0.05, 0) is 41.9 Å². The van der Waals surface area contributed by atoms with Crippen LogP contribution in [0.15, 0.2) is 0 Å². The Balaban J connectivity index is 4.77. The lowest BCUT2D eigenvalue weighted by Crippen LogP contribution is -2.45. The van der Waals surface area contributed by atoms with Crippen molar-refractivity contribution in [3.63, 3.8) is 0 Å². The maximum Gasteiger partial charge on any atom is 0.0205 e. The topological polar surface area (TPSA) is 26.0 Å². The maximum absolute atomic E-state index is 6.70. The third-order valence-electron chi connectivity index (χ3n) is 3.74. The van der Waals surface area contributed by atoms with Crippen LogP contribution in [0.4, 0.5) is 0 Å². The summed E-state index contributed by atoms with van der Waals surface area (Å²) in [6, 6.07) is 0. The molecule has 0 aromatic rings. The molecule has 0 aromatic carbocycles. The molecule has 0 amide bonds. The normalized spacial score (nSPS) is 13.9. The molecule has 3 heteroatoms. The minimum absolute atomic E-state index is 0.0283. The fourth-order valence-corrected chi connectivity index (χ4v) is 8.72. The Hall–Kier alpha value is 0.820. The van der Waals surface area contributed by atoms with Crippen molar-refractivity contribution in [3.05, 3.63) is 0 Å². The summed E-state index contributed by atoms with van der Waals surface area (Å²) < 4.78 is 0. The van der Waals surface area contributed by atoms with Crippen LogP contribution in [0.2, 0.25) is 0 Å². The fourth-order valence-electron chi connectivity index (χ4n) is 2.81. The van der Waals surface area contributed by atoms with Gasteiger partial charge in [-0.1, -0.05) is 71.2 Å². The van der Waals surface area contributed by atoms with Crippen molar-refractivity contribution in [2.45, 2.75) is 90.5 Å². The fraction of sp³-hybridized carbons (Fsp3) is 1.00. The Kier molecular flexibility index (Phi) is 8.67. The van der Waals surface area contributed by atoms with E-state index in [9.17, 15) is 0 Å². The molecule has 0 heterocycles. The lowest BCUT2D eigenvalue weighted by atomic mass is 10.1. The van der Waals surface area contributed by atoms with Crippen molar-refractivity contribution >= 4 is 15.8 Å². The van der Waals surface area contributed by atoms with Crippen LogP contribution in [-0.4, -0.2) is 40.5 Å². The van der Waals surface area contributed by atoms with E-state index in [-0.39, 0.29) is 21.4 Å². The summed E-state index contributed by atoms with van der Waals surface area (Å²) in [6.45, 7) is 21.3. The first-order chi connectivity index (χ1) is 8.48. The van der Waals surface area contributed by atoms with Gasteiger partial charge in [-0.2, -0.15) is 0 Å². The van der Waals surface area contributed by atoms with E-state index >= 15 is 0 Å². The molecule has 0 aliphatic rings. The van der Waals surface area contributed by atoms with Gasteiger partial charge in [-0.25, -0.2) is 0 Å². The van der Waals surface area contributed by atoms with Gasteiger partial charge in [0.25, 0.3) is 0 Å². The third-order valence-corrected chi connectivity index (χ3v) is 11.2. The van der Waals surface area contributed by atoms with E-state index in [2.05, 4.69) is 62.3 Å². The predicted molar refractivity (Wildman–Crippen MR) is 96.7 cm³/mol. The minimum Gasteiger partial charge on any atom is -0.325 e. The zero-order valence-electron chi connectivity index (χ0n) is 14.7. The Labute approximate surface area is 125 Å². The third kappa shape index (κ3) is 7.40. The van der Waals surface area contributed by atoms with Crippen LogP contribution >= 0.6 is 15.8 Å². The molecule has 2 N–H and O–H groups in total. The van der Waals surface area contributed by atoms with Crippen LogP contribution in [0.5, 0.6) is 0 Å². The maximum atomic E-state index is 6.70. The van der Waals surface area contributed by atoms with Crippen LogP contribution < -0.4 is 5.73 Å². The molecule has 0 unspecified atom stereocenters. The second-order valence-corrected chi connectivity index (χ2v) is 14.2. The molecule has 0 radical (unpaired) electrons. The molecule has 0 aliphatic heterocycles. The average Bonchev–Trinajstić information content (AvgIpc) is 2.21. The lowest BCUT2D eigenvalue weighted by molar-refractivity contribution is 0.587. The summed E-state index contributed by atoms with van der Waals surface area (Å²) in [7, 11) is 0.0991. The van der Waals surface area contributed by atoms with E-state index < -0.39 is 0 Å². The Bertz CT molecular complexity index is 207. The van der Waals surface area contributed by atoms with E-state index in [4.69, 9.17) is 5.73 Å². The zero-order valence-corrected chi connectivity index (χ0v) is 16.5. The summed E-state index contributed by atoms with van der Waals surface area (Å²) in [5.41, 5.74) is 9.91. The first-order valence-electron chi connectivity index (χ1n) is 7.78. The van der Waals surface area contributed by atoms with E-state index in [1.165, 1.54) is 12.3 Å². The van der Waals surface area contributed by atoms with Crippen molar-refractivity contribution in [2.24, 2.45) is 5.73 Å². The van der Waals surface area contributed by atoms with Crippen molar-refractivity contribution < 1.29 is 0 Å². The molecule has 0 fully saturated rings. The molecule has 0 bridgehead atoms. The van der Waals surface area contributed by atoms with Gasteiger partial charge in [0.15, 0.2) is 0 Å². The molecular formula is C16H37NP2. The highest BCUT2D eigenvalue weighted by atomic mass is 31.1. The average molecular weight is 305 g/mol. The molecule has 0 spiro atoms. The summed E-state index contributed by atoms with van der Waals surface area (Å²) in [4.78, 5) is 0. The lowest BCUT2D eigenvalue weighted by Gasteiger charge is -2.39. The van der Waals surface area contributed by atoms with Gasteiger partial charge in [0, 0.05) is 5.54 Å². The number of hydrogen-bond acceptors (Lipinski definition) is 1. The van der Waals surface area contributed by atoms with Crippen LogP contribution in [-0.2, 0) is 0 Å². The van der Waals surface area contributed by atoms with Gasteiger partial charge < -0.3 is 5.73 Å². The summed E-state index contributed by atoms with van der Waals surface area (Å²) in [5.74, 6) is 0. The van der Waals surface area contributed by atoms with Gasteiger partial charge in [-0.15, -0.1) is 0 Å². The van der Waals surface area contributed by atoms with Crippen molar-refractivity contribution in [3.8, 4) is 0 Å². The van der Waals surface area contributed by atoms with Gasteiger partial charge in [0.2, 0.25) is 0 Å². The minimum atomic E-state index is 0.0283. The molecule has 0 atom stereocenters.